The Bertz CT molecular complexity index is 1310. The second-order valence-electron chi connectivity index (χ2n) is 6.45. The number of sulfone groups is 1. The predicted octanol–water partition coefficient (Wildman–Crippen LogP) is 5.01. The number of thiazole rings is 1. The summed E-state index contributed by atoms with van der Waals surface area (Å²) in [5.74, 6) is -0.407. The Morgan fingerprint density at radius 3 is 2.62 bits per heavy atom. The standard InChI is InChI=1S/C22H18N2O3S2/c1-2-29(26,27)17-10-5-9-16(13-17)21(25)24-22-23-20(14-28-22)19-12-6-8-15-7-3-4-11-18(15)19/h3-14H,2H2,1H3,(H,23,24,25). The van der Waals surface area contributed by atoms with Crippen LogP contribution in [0.3, 0.4) is 0 Å². The van der Waals surface area contributed by atoms with Crippen molar-refractivity contribution in [2.24, 2.45) is 0 Å². The minimum Gasteiger partial charge on any atom is -0.298 e. The zero-order valence-electron chi connectivity index (χ0n) is 15.6. The summed E-state index contributed by atoms with van der Waals surface area (Å²) in [5, 5.41) is 7.34. The van der Waals surface area contributed by atoms with Crippen LogP contribution in [-0.4, -0.2) is 25.1 Å². The van der Waals surface area contributed by atoms with E-state index in [-0.39, 0.29) is 16.2 Å². The third kappa shape index (κ3) is 3.92. The maximum atomic E-state index is 12.6. The Hall–Kier alpha value is -3.03. The minimum absolute atomic E-state index is 0.0149. The molecule has 1 aromatic heterocycles. The molecule has 146 valence electrons. The summed E-state index contributed by atoms with van der Waals surface area (Å²) in [6, 6.07) is 20.1. The van der Waals surface area contributed by atoms with Crippen molar-refractivity contribution >= 4 is 43.0 Å². The van der Waals surface area contributed by atoms with Crippen LogP contribution >= 0.6 is 11.3 Å². The van der Waals surface area contributed by atoms with Crippen molar-refractivity contribution in [1.29, 1.82) is 0 Å². The van der Waals surface area contributed by atoms with Crippen LogP contribution in [0.1, 0.15) is 17.3 Å². The molecule has 5 nitrogen and oxygen atoms in total. The quantitative estimate of drug-likeness (QED) is 0.491. The molecule has 0 aliphatic heterocycles. The van der Waals surface area contributed by atoms with Crippen LogP contribution in [0.5, 0.6) is 0 Å². The Balaban J connectivity index is 1.60. The van der Waals surface area contributed by atoms with E-state index >= 15 is 0 Å². The van der Waals surface area contributed by atoms with Crippen LogP contribution in [-0.2, 0) is 9.84 Å². The molecule has 7 heteroatoms. The van der Waals surface area contributed by atoms with Crippen molar-refractivity contribution in [2.75, 3.05) is 11.1 Å². The van der Waals surface area contributed by atoms with Gasteiger partial charge in [-0.1, -0.05) is 55.5 Å². The first kappa shape index (κ1) is 19.3. The number of hydrogen-bond acceptors (Lipinski definition) is 5. The number of benzene rings is 3. The molecule has 0 fully saturated rings. The van der Waals surface area contributed by atoms with Crippen LogP contribution in [0.2, 0.25) is 0 Å². The number of carbonyl (C=O) groups is 1. The van der Waals surface area contributed by atoms with Gasteiger partial charge >= 0.3 is 0 Å². The zero-order chi connectivity index (χ0) is 20.4. The topological polar surface area (TPSA) is 76.1 Å². The van der Waals surface area contributed by atoms with Gasteiger partial charge in [-0.15, -0.1) is 11.3 Å². The third-order valence-corrected chi connectivity index (χ3v) is 7.12. The molecule has 0 saturated heterocycles. The summed E-state index contributed by atoms with van der Waals surface area (Å²) in [4.78, 5) is 17.3. The van der Waals surface area contributed by atoms with Crippen LogP contribution in [0.4, 0.5) is 5.13 Å². The first-order valence-corrected chi connectivity index (χ1v) is 11.6. The maximum Gasteiger partial charge on any atom is 0.257 e. The second-order valence-corrected chi connectivity index (χ2v) is 9.59. The molecule has 4 aromatic rings. The Morgan fingerprint density at radius 2 is 1.79 bits per heavy atom. The molecule has 0 spiro atoms. The monoisotopic (exact) mass is 422 g/mol. The number of anilines is 1. The Kier molecular flexibility index (Phi) is 5.17. The molecule has 0 radical (unpaired) electrons. The lowest BCUT2D eigenvalue weighted by Crippen LogP contribution is -2.13. The average molecular weight is 423 g/mol. The van der Waals surface area contributed by atoms with Gasteiger partial charge < -0.3 is 0 Å². The maximum absolute atomic E-state index is 12.6. The molecule has 0 bridgehead atoms. The number of hydrogen-bond donors (Lipinski definition) is 1. The van der Waals surface area contributed by atoms with E-state index < -0.39 is 15.7 Å². The van der Waals surface area contributed by atoms with Gasteiger partial charge in [-0.05, 0) is 29.0 Å². The highest BCUT2D eigenvalue weighted by Gasteiger charge is 2.16. The van der Waals surface area contributed by atoms with Gasteiger partial charge in [0.1, 0.15) is 0 Å². The predicted molar refractivity (Wildman–Crippen MR) is 117 cm³/mol. The summed E-state index contributed by atoms with van der Waals surface area (Å²) < 4.78 is 24.1. The normalized spacial score (nSPS) is 11.5. The first-order valence-electron chi connectivity index (χ1n) is 9.06. The molecule has 1 heterocycles. The summed E-state index contributed by atoms with van der Waals surface area (Å²) in [6.07, 6.45) is 0. The minimum atomic E-state index is -3.37. The molecule has 29 heavy (non-hydrogen) atoms. The molecule has 1 amide bonds. The van der Waals surface area contributed by atoms with Gasteiger partial charge in [0.25, 0.3) is 5.91 Å². The van der Waals surface area contributed by atoms with Gasteiger partial charge in [0.15, 0.2) is 15.0 Å². The molecule has 3 aromatic carbocycles. The Labute approximate surface area is 173 Å². The van der Waals surface area contributed by atoms with E-state index in [1.54, 1.807) is 19.1 Å². The number of aromatic nitrogens is 1. The van der Waals surface area contributed by atoms with Crippen molar-refractivity contribution < 1.29 is 13.2 Å². The van der Waals surface area contributed by atoms with E-state index in [9.17, 15) is 13.2 Å². The molecule has 0 atom stereocenters. The number of amides is 1. The van der Waals surface area contributed by atoms with Gasteiger partial charge in [0.05, 0.1) is 16.3 Å². The van der Waals surface area contributed by atoms with Crippen LogP contribution in [0, 0.1) is 0 Å². The largest absolute Gasteiger partial charge is 0.298 e. The van der Waals surface area contributed by atoms with E-state index in [1.165, 1.54) is 23.5 Å². The van der Waals surface area contributed by atoms with Gasteiger partial charge in [0, 0.05) is 16.5 Å². The fourth-order valence-electron chi connectivity index (χ4n) is 3.07. The number of nitrogens with zero attached hydrogens (tertiary/aromatic N) is 1. The van der Waals surface area contributed by atoms with E-state index in [2.05, 4.69) is 10.3 Å². The van der Waals surface area contributed by atoms with Gasteiger partial charge in [-0.3, -0.25) is 10.1 Å². The summed E-state index contributed by atoms with van der Waals surface area (Å²) in [6.45, 7) is 1.58. The SMILES string of the molecule is CCS(=O)(=O)c1cccc(C(=O)Nc2nc(-c3cccc4ccccc34)cs2)c1. The van der Waals surface area contributed by atoms with Crippen LogP contribution in [0.15, 0.2) is 77.0 Å². The van der Waals surface area contributed by atoms with Gasteiger partial charge in [-0.2, -0.15) is 0 Å². The van der Waals surface area contributed by atoms with Crippen molar-refractivity contribution in [1.82, 2.24) is 4.98 Å². The number of rotatable bonds is 5. The molecular weight excluding hydrogens is 404 g/mol. The highest BCUT2D eigenvalue weighted by molar-refractivity contribution is 7.91. The number of fused-ring (bicyclic) bond motifs is 1. The Morgan fingerprint density at radius 1 is 1.03 bits per heavy atom. The molecular formula is C22H18N2O3S2. The van der Waals surface area contributed by atoms with Crippen molar-refractivity contribution in [3.05, 3.63) is 77.7 Å². The van der Waals surface area contributed by atoms with E-state index in [0.29, 0.717) is 5.13 Å². The van der Waals surface area contributed by atoms with Crippen molar-refractivity contribution in [3.63, 3.8) is 0 Å². The van der Waals surface area contributed by atoms with E-state index in [1.807, 2.05) is 47.8 Å². The lowest BCUT2D eigenvalue weighted by Gasteiger charge is -2.05. The smallest absolute Gasteiger partial charge is 0.257 e. The highest BCUT2D eigenvalue weighted by Crippen LogP contribution is 2.31. The molecule has 1 N–H and O–H groups in total. The fraction of sp³-hybridized carbons (Fsp3) is 0.0909. The average Bonchev–Trinajstić information content (AvgIpc) is 3.21. The van der Waals surface area contributed by atoms with Crippen molar-refractivity contribution in [3.8, 4) is 11.3 Å². The fourth-order valence-corrected chi connectivity index (χ4v) is 4.70. The number of carbonyl (C=O) groups excluding carboxylic acids is 1. The summed E-state index contributed by atoms with van der Waals surface area (Å²) in [7, 11) is -3.37. The third-order valence-electron chi connectivity index (χ3n) is 4.63. The van der Waals surface area contributed by atoms with E-state index in [4.69, 9.17) is 0 Å². The molecule has 0 aliphatic rings. The second kappa shape index (κ2) is 7.77. The number of nitrogens with one attached hydrogen (secondary N) is 1. The van der Waals surface area contributed by atoms with Crippen molar-refractivity contribution in [2.45, 2.75) is 11.8 Å². The lowest BCUT2D eigenvalue weighted by molar-refractivity contribution is 0.102. The lowest BCUT2D eigenvalue weighted by atomic mass is 10.0. The molecule has 0 aliphatic carbocycles. The zero-order valence-corrected chi connectivity index (χ0v) is 17.3. The van der Waals surface area contributed by atoms with Gasteiger partial charge in [-0.25, -0.2) is 13.4 Å². The molecule has 0 saturated carbocycles. The molecule has 0 unspecified atom stereocenters. The van der Waals surface area contributed by atoms with Crippen LogP contribution in [0.25, 0.3) is 22.0 Å². The summed E-state index contributed by atoms with van der Waals surface area (Å²) >= 11 is 1.33. The summed E-state index contributed by atoms with van der Waals surface area (Å²) in [5.41, 5.74) is 2.06. The first-order chi connectivity index (χ1) is 14.0. The molecule has 4 rings (SSSR count). The van der Waals surface area contributed by atoms with Crippen LogP contribution < -0.4 is 5.32 Å². The highest BCUT2D eigenvalue weighted by atomic mass is 32.2. The van der Waals surface area contributed by atoms with Gasteiger partial charge in [0.2, 0.25) is 0 Å². The van der Waals surface area contributed by atoms with E-state index in [0.717, 1.165) is 22.0 Å².